The number of rotatable bonds is 6. The summed E-state index contributed by atoms with van der Waals surface area (Å²) in [6.07, 6.45) is 1.47. The first-order chi connectivity index (χ1) is 15.9. The van der Waals surface area contributed by atoms with E-state index in [0.29, 0.717) is 33.3 Å². The van der Waals surface area contributed by atoms with Gasteiger partial charge in [-0.1, -0.05) is 60.1 Å². The van der Waals surface area contributed by atoms with E-state index in [-0.39, 0.29) is 17.0 Å². The summed E-state index contributed by atoms with van der Waals surface area (Å²) in [5.41, 5.74) is 2.17. The van der Waals surface area contributed by atoms with Crippen LogP contribution in [0.5, 0.6) is 5.75 Å². The number of halogens is 1. The van der Waals surface area contributed by atoms with Crippen molar-refractivity contribution in [3.8, 4) is 5.75 Å². The van der Waals surface area contributed by atoms with Gasteiger partial charge in [-0.3, -0.25) is 9.10 Å². The summed E-state index contributed by atoms with van der Waals surface area (Å²) in [5.74, 6) is -0.370. The van der Waals surface area contributed by atoms with Gasteiger partial charge in [0.05, 0.1) is 25.0 Å². The van der Waals surface area contributed by atoms with Crippen LogP contribution in [0.15, 0.2) is 90.4 Å². The number of methoxy groups -OCH3 is 1. The molecule has 0 aromatic heterocycles. The summed E-state index contributed by atoms with van der Waals surface area (Å²) >= 11 is 6.29. The van der Waals surface area contributed by atoms with Gasteiger partial charge < -0.3 is 10.1 Å². The Bertz CT molecular complexity index is 1370. The average Bonchev–Trinajstić information content (AvgIpc) is 2.81. The van der Waals surface area contributed by atoms with E-state index in [0.717, 1.165) is 4.31 Å². The summed E-state index contributed by atoms with van der Waals surface area (Å²) < 4.78 is 34.1. The molecule has 0 unspecified atom stereocenters. The molecule has 3 aromatic rings. The van der Waals surface area contributed by atoms with E-state index in [4.69, 9.17) is 16.3 Å². The lowest BCUT2D eigenvalue weighted by atomic mass is 9.95. The number of hydrogen-bond acceptors (Lipinski definition) is 4. The smallest absolute Gasteiger partial charge is 0.270 e. The molecule has 1 N–H and O–H groups in total. The molecule has 0 bridgehead atoms. The van der Waals surface area contributed by atoms with Gasteiger partial charge >= 0.3 is 0 Å². The van der Waals surface area contributed by atoms with Gasteiger partial charge in [0.1, 0.15) is 5.75 Å². The number of fused-ring (bicyclic) bond motifs is 1. The molecule has 1 aliphatic heterocycles. The fourth-order valence-electron chi connectivity index (χ4n) is 3.78. The third-order valence-corrected chi connectivity index (χ3v) is 7.26. The second kappa shape index (κ2) is 9.13. The van der Waals surface area contributed by atoms with Crippen molar-refractivity contribution in [2.75, 3.05) is 23.3 Å². The molecule has 3 aromatic carbocycles. The van der Waals surface area contributed by atoms with Crippen LogP contribution in [-0.2, 0) is 14.8 Å². The number of carbonyl (C=O) groups excluding carboxylic acids is 1. The van der Waals surface area contributed by atoms with E-state index in [1.165, 1.54) is 13.2 Å². The minimum atomic E-state index is -4.24. The maximum Gasteiger partial charge on any atom is 0.270 e. The molecule has 0 atom stereocenters. The zero-order valence-corrected chi connectivity index (χ0v) is 19.4. The maximum absolute atomic E-state index is 13.8. The van der Waals surface area contributed by atoms with Crippen molar-refractivity contribution in [2.24, 2.45) is 0 Å². The third kappa shape index (κ3) is 4.13. The third-order valence-electron chi connectivity index (χ3n) is 5.19. The molecular formula is C25H21ClN2O4S. The van der Waals surface area contributed by atoms with Crippen LogP contribution in [0.2, 0.25) is 5.02 Å². The summed E-state index contributed by atoms with van der Waals surface area (Å²) in [4.78, 5) is 13.2. The predicted molar refractivity (Wildman–Crippen MR) is 132 cm³/mol. The Labute approximate surface area is 197 Å². The maximum atomic E-state index is 13.8. The number of benzene rings is 3. The SMILES string of the molecule is C=CCN1c2ccc(Cl)cc2C(c2ccccc2)=C(C(=O)Nc2ccccc2OC)S1(=O)=O. The second-order valence-corrected chi connectivity index (χ2v) is 9.45. The molecule has 4 rings (SSSR count). The summed E-state index contributed by atoms with van der Waals surface area (Å²) in [6.45, 7) is 3.67. The minimum absolute atomic E-state index is 0.00945. The van der Waals surface area contributed by atoms with E-state index >= 15 is 0 Å². The highest BCUT2D eigenvalue weighted by atomic mass is 35.5. The predicted octanol–water partition coefficient (Wildman–Crippen LogP) is 5.08. The zero-order valence-electron chi connectivity index (χ0n) is 17.8. The number of anilines is 2. The molecule has 0 saturated carbocycles. The van der Waals surface area contributed by atoms with E-state index < -0.39 is 15.9 Å². The number of amides is 1. The molecule has 1 aliphatic rings. The highest BCUT2D eigenvalue weighted by Gasteiger charge is 2.41. The molecule has 0 aliphatic carbocycles. The van der Waals surface area contributed by atoms with Crippen molar-refractivity contribution in [2.45, 2.75) is 0 Å². The van der Waals surface area contributed by atoms with E-state index in [2.05, 4.69) is 11.9 Å². The first-order valence-corrected chi connectivity index (χ1v) is 11.9. The number of carbonyl (C=O) groups is 1. The molecule has 168 valence electrons. The van der Waals surface area contributed by atoms with Crippen LogP contribution in [0.3, 0.4) is 0 Å². The van der Waals surface area contributed by atoms with Crippen LogP contribution >= 0.6 is 11.6 Å². The van der Waals surface area contributed by atoms with Gasteiger partial charge in [0, 0.05) is 16.2 Å². The van der Waals surface area contributed by atoms with E-state index in [1.54, 1.807) is 66.7 Å². The molecule has 0 saturated heterocycles. The molecule has 1 heterocycles. The number of sulfonamides is 1. The molecule has 8 heteroatoms. The van der Waals surface area contributed by atoms with Crippen molar-refractivity contribution in [1.29, 1.82) is 0 Å². The fourth-order valence-corrected chi connectivity index (χ4v) is 5.66. The minimum Gasteiger partial charge on any atom is -0.495 e. The quantitative estimate of drug-likeness (QED) is 0.499. The summed E-state index contributed by atoms with van der Waals surface area (Å²) in [7, 11) is -2.77. The van der Waals surface area contributed by atoms with Crippen LogP contribution in [0.1, 0.15) is 11.1 Å². The Hall–Kier alpha value is -3.55. The van der Waals surface area contributed by atoms with Crippen LogP contribution in [0, 0.1) is 0 Å². The van der Waals surface area contributed by atoms with E-state index in [9.17, 15) is 13.2 Å². The summed E-state index contributed by atoms with van der Waals surface area (Å²) in [6, 6.07) is 20.6. The van der Waals surface area contributed by atoms with Crippen LogP contribution in [-0.4, -0.2) is 28.0 Å². The van der Waals surface area contributed by atoms with Crippen molar-refractivity contribution >= 4 is 44.5 Å². The van der Waals surface area contributed by atoms with Crippen molar-refractivity contribution in [3.05, 3.63) is 107 Å². The van der Waals surface area contributed by atoms with Crippen LogP contribution in [0.4, 0.5) is 11.4 Å². The van der Waals surface area contributed by atoms with Gasteiger partial charge in [-0.15, -0.1) is 6.58 Å². The van der Waals surface area contributed by atoms with Gasteiger partial charge in [0.15, 0.2) is 4.91 Å². The first-order valence-electron chi connectivity index (χ1n) is 10.1. The Morgan fingerprint density at radius 1 is 1.09 bits per heavy atom. The van der Waals surface area contributed by atoms with Crippen LogP contribution < -0.4 is 14.4 Å². The van der Waals surface area contributed by atoms with Gasteiger partial charge in [-0.05, 0) is 35.9 Å². The van der Waals surface area contributed by atoms with Crippen molar-refractivity contribution in [1.82, 2.24) is 0 Å². The average molecular weight is 481 g/mol. The van der Waals surface area contributed by atoms with Gasteiger partial charge in [-0.25, -0.2) is 8.42 Å². The monoisotopic (exact) mass is 480 g/mol. The lowest BCUT2D eigenvalue weighted by molar-refractivity contribution is -0.112. The lowest BCUT2D eigenvalue weighted by Crippen LogP contribution is -2.39. The number of nitrogens with zero attached hydrogens (tertiary/aromatic N) is 1. The highest BCUT2D eigenvalue weighted by Crippen LogP contribution is 2.44. The normalized spacial score (nSPS) is 14.4. The van der Waals surface area contributed by atoms with Gasteiger partial charge in [-0.2, -0.15) is 0 Å². The fraction of sp³-hybridized carbons (Fsp3) is 0.0800. The second-order valence-electron chi connectivity index (χ2n) is 7.21. The Morgan fingerprint density at radius 3 is 2.48 bits per heavy atom. The molecule has 33 heavy (non-hydrogen) atoms. The van der Waals surface area contributed by atoms with Gasteiger partial charge in [0.2, 0.25) is 0 Å². The summed E-state index contributed by atoms with van der Waals surface area (Å²) in [5, 5.41) is 3.13. The van der Waals surface area contributed by atoms with Crippen molar-refractivity contribution < 1.29 is 17.9 Å². The van der Waals surface area contributed by atoms with Crippen molar-refractivity contribution in [3.63, 3.8) is 0 Å². The highest BCUT2D eigenvalue weighted by molar-refractivity contribution is 7.97. The molecule has 0 fully saturated rings. The molecule has 0 radical (unpaired) electrons. The number of hydrogen-bond donors (Lipinski definition) is 1. The standard InChI is InChI=1S/C25H21ClN2O4S/c1-3-15-28-21-14-13-18(26)16-19(21)23(17-9-5-4-6-10-17)24(33(28,30)31)25(29)27-20-11-7-8-12-22(20)32-2/h3-14,16H,1,15H2,2H3,(H,27,29). The Balaban J connectivity index is 2.01. The number of nitrogens with one attached hydrogen (secondary N) is 1. The molecule has 6 nitrogen and oxygen atoms in total. The number of para-hydroxylation sites is 2. The van der Waals surface area contributed by atoms with E-state index in [1.807, 2.05) is 6.07 Å². The lowest BCUT2D eigenvalue weighted by Gasteiger charge is -2.33. The first kappa shape index (κ1) is 22.6. The van der Waals surface area contributed by atoms with Crippen LogP contribution in [0.25, 0.3) is 5.57 Å². The molecule has 1 amide bonds. The largest absolute Gasteiger partial charge is 0.495 e. The Morgan fingerprint density at radius 2 is 1.79 bits per heavy atom. The Kier molecular flexibility index (Phi) is 6.26. The zero-order chi connectivity index (χ0) is 23.6. The molecule has 0 spiro atoms. The number of ether oxygens (including phenoxy) is 1. The molecular weight excluding hydrogens is 460 g/mol. The topological polar surface area (TPSA) is 75.7 Å². The van der Waals surface area contributed by atoms with Gasteiger partial charge in [0.25, 0.3) is 15.9 Å².